The Hall–Kier alpha value is -1.66. The number of benzene rings is 1. The van der Waals surface area contributed by atoms with Gasteiger partial charge in [0, 0.05) is 0 Å². The summed E-state index contributed by atoms with van der Waals surface area (Å²) in [5, 5.41) is 0. The summed E-state index contributed by atoms with van der Waals surface area (Å²) in [6.45, 7) is 0. The maximum Gasteiger partial charge on any atom is 0.294 e. The van der Waals surface area contributed by atoms with Crippen molar-refractivity contribution in [3.8, 4) is 11.3 Å². The minimum atomic E-state index is -4.11. The van der Waals surface area contributed by atoms with Gasteiger partial charge in [-0.1, -0.05) is 12.1 Å². The van der Waals surface area contributed by atoms with Gasteiger partial charge in [0.25, 0.3) is 10.1 Å². The molecule has 6 heteroatoms. The highest BCUT2D eigenvalue weighted by molar-refractivity contribution is 7.85. The molecular formula is C9H8N2O3S. The van der Waals surface area contributed by atoms with Crippen LogP contribution < -0.4 is 0 Å². The Kier molecular flexibility index (Phi) is 2.29. The SMILES string of the molecule is O=S(=O)(O)c1ccc(-c2cnc[nH]2)cc1. The van der Waals surface area contributed by atoms with Gasteiger partial charge in [-0.2, -0.15) is 8.42 Å². The second-order valence-electron chi connectivity index (χ2n) is 2.96. The quantitative estimate of drug-likeness (QED) is 0.754. The van der Waals surface area contributed by atoms with Gasteiger partial charge in [0.1, 0.15) is 0 Å². The lowest BCUT2D eigenvalue weighted by Crippen LogP contribution is -1.97. The maximum absolute atomic E-state index is 10.8. The fourth-order valence-corrected chi connectivity index (χ4v) is 1.70. The second-order valence-corrected chi connectivity index (χ2v) is 4.39. The zero-order valence-corrected chi connectivity index (χ0v) is 8.40. The molecule has 1 heterocycles. The van der Waals surface area contributed by atoms with Crippen molar-refractivity contribution in [2.45, 2.75) is 4.90 Å². The minimum Gasteiger partial charge on any atom is -0.345 e. The molecule has 78 valence electrons. The molecule has 15 heavy (non-hydrogen) atoms. The molecule has 0 unspecified atom stereocenters. The van der Waals surface area contributed by atoms with E-state index in [9.17, 15) is 8.42 Å². The van der Waals surface area contributed by atoms with Gasteiger partial charge in [-0.15, -0.1) is 0 Å². The molecule has 1 aromatic heterocycles. The lowest BCUT2D eigenvalue weighted by molar-refractivity contribution is 0.483. The number of H-pyrrole nitrogens is 1. The van der Waals surface area contributed by atoms with Gasteiger partial charge in [-0.05, 0) is 17.7 Å². The molecule has 0 aliphatic rings. The summed E-state index contributed by atoms with van der Waals surface area (Å²) >= 11 is 0. The number of hydrogen-bond donors (Lipinski definition) is 2. The van der Waals surface area contributed by atoms with Gasteiger partial charge < -0.3 is 4.98 Å². The molecule has 0 bridgehead atoms. The number of rotatable bonds is 2. The predicted molar refractivity (Wildman–Crippen MR) is 53.8 cm³/mol. The average Bonchev–Trinajstić information content (AvgIpc) is 2.69. The highest BCUT2D eigenvalue weighted by Gasteiger charge is 2.08. The molecule has 0 saturated carbocycles. The van der Waals surface area contributed by atoms with Crippen molar-refractivity contribution in [1.82, 2.24) is 9.97 Å². The first kappa shape index (κ1) is 9.88. The molecule has 0 fully saturated rings. The topological polar surface area (TPSA) is 83.1 Å². The first-order chi connectivity index (χ1) is 7.07. The van der Waals surface area contributed by atoms with E-state index in [4.69, 9.17) is 4.55 Å². The van der Waals surface area contributed by atoms with Crippen LogP contribution in [-0.2, 0) is 10.1 Å². The molecule has 0 saturated heterocycles. The standard InChI is InChI=1S/C9H8N2O3S/c12-15(13,14)8-3-1-7(2-4-8)9-5-10-6-11-9/h1-6H,(H,10,11)(H,12,13,14). The molecule has 5 nitrogen and oxygen atoms in total. The zero-order valence-electron chi connectivity index (χ0n) is 7.58. The van der Waals surface area contributed by atoms with E-state index in [1.54, 1.807) is 18.3 Å². The molecule has 0 spiro atoms. The second kappa shape index (κ2) is 3.48. The molecule has 0 aliphatic heterocycles. The van der Waals surface area contributed by atoms with Crippen molar-refractivity contribution in [2.24, 2.45) is 0 Å². The summed E-state index contributed by atoms with van der Waals surface area (Å²) in [6.07, 6.45) is 3.16. The van der Waals surface area contributed by atoms with Gasteiger partial charge in [0.15, 0.2) is 0 Å². The van der Waals surface area contributed by atoms with Gasteiger partial charge >= 0.3 is 0 Å². The van der Waals surface area contributed by atoms with Gasteiger partial charge in [-0.25, -0.2) is 4.98 Å². The molecule has 0 aliphatic carbocycles. The summed E-state index contributed by atoms with van der Waals surface area (Å²) in [5.41, 5.74) is 1.59. The van der Waals surface area contributed by atoms with Crippen LogP contribution in [0.25, 0.3) is 11.3 Å². The van der Waals surface area contributed by atoms with E-state index in [2.05, 4.69) is 9.97 Å². The van der Waals surface area contributed by atoms with Crippen LogP contribution in [0.3, 0.4) is 0 Å². The average molecular weight is 224 g/mol. The van der Waals surface area contributed by atoms with E-state index in [0.717, 1.165) is 11.3 Å². The van der Waals surface area contributed by atoms with Crippen LogP contribution in [0.2, 0.25) is 0 Å². The summed E-state index contributed by atoms with van der Waals surface area (Å²) in [5.74, 6) is 0. The minimum absolute atomic E-state index is 0.120. The van der Waals surface area contributed by atoms with Crippen LogP contribution in [0, 0.1) is 0 Å². The first-order valence-electron chi connectivity index (χ1n) is 4.14. The predicted octanol–water partition coefficient (Wildman–Crippen LogP) is 1.32. The third-order valence-electron chi connectivity index (χ3n) is 1.96. The Morgan fingerprint density at radius 2 is 1.87 bits per heavy atom. The van der Waals surface area contributed by atoms with Crippen LogP contribution in [0.1, 0.15) is 0 Å². The number of aromatic amines is 1. The zero-order chi connectivity index (χ0) is 10.9. The number of hydrogen-bond acceptors (Lipinski definition) is 3. The Bertz CT molecular complexity index is 544. The monoisotopic (exact) mass is 224 g/mol. The number of aromatic nitrogens is 2. The lowest BCUT2D eigenvalue weighted by atomic mass is 10.2. The van der Waals surface area contributed by atoms with Crippen molar-refractivity contribution < 1.29 is 13.0 Å². The molecule has 2 rings (SSSR count). The van der Waals surface area contributed by atoms with Crippen molar-refractivity contribution in [3.05, 3.63) is 36.8 Å². The van der Waals surface area contributed by atoms with Crippen molar-refractivity contribution >= 4 is 10.1 Å². The summed E-state index contributed by atoms with van der Waals surface area (Å²) < 4.78 is 30.3. The van der Waals surface area contributed by atoms with E-state index >= 15 is 0 Å². The van der Waals surface area contributed by atoms with E-state index in [1.807, 2.05) is 0 Å². The van der Waals surface area contributed by atoms with E-state index in [0.29, 0.717) is 0 Å². The van der Waals surface area contributed by atoms with Gasteiger partial charge in [0.05, 0.1) is 23.1 Å². The molecule has 0 radical (unpaired) electrons. The number of imidazole rings is 1. The van der Waals surface area contributed by atoms with Crippen LogP contribution in [0.4, 0.5) is 0 Å². The van der Waals surface area contributed by atoms with Crippen molar-refractivity contribution in [2.75, 3.05) is 0 Å². The maximum atomic E-state index is 10.8. The summed E-state index contributed by atoms with van der Waals surface area (Å²) in [4.78, 5) is 6.62. The highest BCUT2D eigenvalue weighted by Crippen LogP contribution is 2.18. The van der Waals surface area contributed by atoms with Crippen LogP contribution in [0.15, 0.2) is 41.7 Å². The van der Waals surface area contributed by atoms with E-state index in [-0.39, 0.29) is 4.90 Å². The highest BCUT2D eigenvalue weighted by atomic mass is 32.2. The first-order valence-corrected chi connectivity index (χ1v) is 5.58. The van der Waals surface area contributed by atoms with Crippen LogP contribution >= 0.6 is 0 Å². The summed E-state index contributed by atoms with van der Waals surface area (Å²) in [6, 6.07) is 5.87. The van der Waals surface area contributed by atoms with Crippen molar-refractivity contribution in [3.63, 3.8) is 0 Å². The number of nitrogens with zero attached hydrogens (tertiary/aromatic N) is 1. The number of nitrogens with one attached hydrogen (secondary N) is 1. The molecule has 0 atom stereocenters. The Labute approximate surface area is 86.5 Å². The lowest BCUT2D eigenvalue weighted by Gasteiger charge is -1.99. The van der Waals surface area contributed by atoms with Crippen molar-refractivity contribution in [1.29, 1.82) is 0 Å². The van der Waals surface area contributed by atoms with Crippen LogP contribution in [-0.4, -0.2) is 22.9 Å². The Morgan fingerprint density at radius 3 is 2.33 bits per heavy atom. The van der Waals surface area contributed by atoms with Gasteiger partial charge in [0.2, 0.25) is 0 Å². The third-order valence-corrected chi connectivity index (χ3v) is 2.83. The van der Waals surface area contributed by atoms with E-state index < -0.39 is 10.1 Å². The van der Waals surface area contributed by atoms with Gasteiger partial charge in [-0.3, -0.25) is 4.55 Å². The largest absolute Gasteiger partial charge is 0.345 e. The third kappa shape index (κ3) is 2.05. The van der Waals surface area contributed by atoms with Crippen LogP contribution in [0.5, 0.6) is 0 Å². The molecule has 1 aromatic carbocycles. The Morgan fingerprint density at radius 1 is 1.20 bits per heavy atom. The molecule has 2 N–H and O–H groups in total. The smallest absolute Gasteiger partial charge is 0.294 e. The summed E-state index contributed by atoms with van der Waals surface area (Å²) in [7, 11) is -4.11. The van der Waals surface area contributed by atoms with E-state index in [1.165, 1.54) is 18.5 Å². The molecule has 0 amide bonds. The molecule has 2 aromatic rings. The molecular weight excluding hydrogens is 216 g/mol. The fourth-order valence-electron chi connectivity index (χ4n) is 1.22. The normalized spacial score (nSPS) is 11.5. The Balaban J connectivity index is 2.42. The fraction of sp³-hybridized carbons (Fsp3) is 0.